The molecule has 5 heteroatoms. The summed E-state index contributed by atoms with van der Waals surface area (Å²) >= 11 is 0. The van der Waals surface area contributed by atoms with E-state index >= 15 is 0 Å². The first-order chi connectivity index (χ1) is 15.3. The predicted molar refractivity (Wildman–Crippen MR) is 123 cm³/mol. The van der Waals surface area contributed by atoms with E-state index in [1.165, 1.54) is 0 Å². The zero-order valence-corrected chi connectivity index (χ0v) is 17.3. The van der Waals surface area contributed by atoms with E-state index in [1.807, 2.05) is 89.8 Å². The summed E-state index contributed by atoms with van der Waals surface area (Å²) in [4.78, 5) is 20.5. The molecule has 31 heavy (non-hydrogen) atoms. The molecule has 0 saturated carbocycles. The second-order valence-electron chi connectivity index (χ2n) is 7.47. The van der Waals surface area contributed by atoms with Crippen LogP contribution < -0.4 is 15.0 Å². The van der Waals surface area contributed by atoms with Crippen molar-refractivity contribution in [3.05, 3.63) is 107 Å². The first-order valence-electron chi connectivity index (χ1n) is 10.4. The molecule has 0 aromatic heterocycles. The molecule has 0 bridgehead atoms. The van der Waals surface area contributed by atoms with Crippen LogP contribution in [-0.4, -0.2) is 31.8 Å². The van der Waals surface area contributed by atoms with Gasteiger partial charge in [0.2, 0.25) is 0 Å². The SMILES string of the molecule is COc1ccccc1C1C2=C(NCCN=C2c2ccccc2)C(=O)N1c1ccccc1. The summed E-state index contributed by atoms with van der Waals surface area (Å²) < 4.78 is 5.71. The zero-order valence-electron chi connectivity index (χ0n) is 17.3. The van der Waals surface area contributed by atoms with Crippen molar-refractivity contribution in [1.82, 2.24) is 5.32 Å². The van der Waals surface area contributed by atoms with Crippen LogP contribution >= 0.6 is 0 Å². The van der Waals surface area contributed by atoms with Gasteiger partial charge in [-0.3, -0.25) is 14.7 Å². The zero-order chi connectivity index (χ0) is 21.2. The number of benzene rings is 3. The van der Waals surface area contributed by atoms with Crippen molar-refractivity contribution in [1.29, 1.82) is 0 Å². The third-order valence-electron chi connectivity index (χ3n) is 5.69. The number of carbonyl (C=O) groups excluding carboxylic acids is 1. The maximum atomic E-state index is 13.8. The molecule has 0 radical (unpaired) electrons. The Kier molecular flexibility index (Phi) is 5.00. The van der Waals surface area contributed by atoms with E-state index in [-0.39, 0.29) is 11.9 Å². The van der Waals surface area contributed by atoms with Crippen LogP contribution in [0.15, 0.2) is 101 Å². The lowest BCUT2D eigenvalue weighted by molar-refractivity contribution is -0.115. The summed E-state index contributed by atoms with van der Waals surface area (Å²) in [7, 11) is 1.66. The van der Waals surface area contributed by atoms with E-state index in [0.29, 0.717) is 18.8 Å². The van der Waals surface area contributed by atoms with Crippen molar-refractivity contribution in [3.8, 4) is 5.75 Å². The minimum Gasteiger partial charge on any atom is -0.496 e. The lowest BCUT2D eigenvalue weighted by atomic mass is 9.91. The van der Waals surface area contributed by atoms with Gasteiger partial charge >= 0.3 is 0 Å². The fourth-order valence-corrected chi connectivity index (χ4v) is 4.36. The number of methoxy groups -OCH3 is 1. The molecular weight excluding hydrogens is 386 g/mol. The maximum absolute atomic E-state index is 13.8. The van der Waals surface area contributed by atoms with Gasteiger partial charge in [-0.15, -0.1) is 0 Å². The van der Waals surface area contributed by atoms with Crippen LogP contribution in [0, 0.1) is 0 Å². The minimum atomic E-state index is -0.356. The summed E-state index contributed by atoms with van der Waals surface area (Å²) in [5.74, 6) is 0.689. The Labute approximate surface area is 181 Å². The van der Waals surface area contributed by atoms with Gasteiger partial charge in [0.25, 0.3) is 5.91 Å². The second-order valence-corrected chi connectivity index (χ2v) is 7.47. The third-order valence-corrected chi connectivity index (χ3v) is 5.69. The Balaban J connectivity index is 1.76. The van der Waals surface area contributed by atoms with Crippen LogP contribution in [0.1, 0.15) is 17.2 Å². The second kappa shape index (κ2) is 8.11. The topological polar surface area (TPSA) is 53.9 Å². The highest BCUT2D eigenvalue weighted by molar-refractivity contribution is 6.23. The number of carbonyl (C=O) groups is 1. The molecule has 0 saturated heterocycles. The van der Waals surface area contributed by atoms with Gasteiger partial charge in [-0.2, -0.15) is 0 Å². The number of hydrogen-bond acceptors (Lipinski definition) is 4. The molecule has 0 fully saturated rings. The van der Waals surface area contributed by atoms with Gasteiger partial charge in [0.05, 0.1) is 25.4 Å². The van der Waals surface area contributed by atoms with Gasteiger partial charge in [0.1, 0.15) is 11.4 Å². The predicted octanol–water partition coefficient (Wildman–Crippen LogP) is 4.13. The molecule has 1 amide bonds. The Hall–Kier alpha value is -3.86. The molecule has 0 spiro atoms. The number of rotatable bonds is 4. The largest absolute Gasteiger partial charge is 0.496 e. The molecule has 154 valence electrons. The van der Waals surface area contributed by atoms with Crippen molar-refractivity contribution in [2.45, 2.75) is 6.04 Å². The number of ether oxygens (including phenoxy) is 1. The highest BCUT2D eigenvalue weighted by atomic mass is 16.5. The number of aliphatic imine (C=N–C) groups is 1. The average Bonchev–Trinajstić information content (AvgIpc) is 2.97. The fourth-order valence-electron chi connectivity index (χ4n) is 4.36. The highest BCUT2D eigenvalue weighted by Gasteiger charge is 2.44. The van der Waals surface area contributed by atoms with Crippen molar-refractivity contribution in [2.75, 3.05) is 25.1 Å². The summed E-state index contributed by atoms with van der Waals surface area (Å²) in [5.41, 5.74) is 5.12. The Morgan fingerprint density at radius 2 is 1.61 bits per heavy atom. The summed E-state index contributed by atoms with van der Waals surface area (Å²) in [6, 6.07) is 27.4. The molecular formula is C26H23N3O2. The van der Waals surface area contributed by atoms with Crippen LogP contribution in [-0.2, 0) is 4.79 Å². The van der Waals surface area contributed by atoms with Gasteiger partial charge in [0, 0.05) is 28.9 Å². The molecule has 2 aliphatic heterocycles. The number of nitrogens with one attached hydrogen (secondary N) is 1. The third kappa shape index (κ3) is 3.28. The van der Waals surface area contributed by atoms with Crippen LogP contribution in [0.25, 0.3) is 0 Å². The van der Waals surface area contributed by atoms with Crippen LogP contribution in [0.5, 0.6) is 5.75 Å². The van der Waals surface area contributed by atoms with Crippen LogP contribution in [0.3, 0.4) is 0 Å². The van der Waals surface area contributed by atoms with Gasteiger partial charge in [0.15, 0.2) is 0 Å². The maximum Gasteiger partial charge on any atom is 0.275 e. The van der Waals surface area contributed by atoms with Crippen molar-refractivity contribution in [3.63, 3.8) is 0 Å². The van der Waals surface area contributed by atoms with Gasteiger partial charge in [-0.25, -0.2) is 0 Å². The number of hydrogen-bond donors (Lipinski definition) is 1. The molecule has 2 aliphatic rings. The smallest absolute Gasteiger partial charge is 0.275 e. The van der Waals surface area contributed by atoms with Gasteiger partial charge < -0.3 is 10.1 Å². The molecule has 5 rings (SSSR count). The van der Waals surface area contributed by atoms with E-state index in [0.717, 1.165) is 33.8 Å². The molecule has 5 nitrogen and oxygen atoms in total. The van der Waals surface area contributed by atoms with Crippen molar-refractivity contribution in [2.24, 2.45) is 4.99 Å². The van der Waals surface area contributed by atoms with Crippen molar-refractivity contribution >= 4 is 17.3 Å². The molecule has 1 N–H and O–H groups in total. The Morgan fingerprint density at radius 3 is 2.35 bits per heavy atom. The van der Waals surface area contributed by atoms with E-state index in [9.17, 15) is 4.79 Å². The highest BCUT2D eigenvalue weighted by Crippen LogP contribution is 2.45. The number of nitrogens with zero attached hydrogens (tertiary/aromatic N) is 2. The molecule has 1 atom stereocenters. The lowest BCUT2D eigenvalue weighted by Crippen LogP contribution is -2.33. The fraction of sp³-hybridized carbons (Fsp3) is 0.154. The first kappa shape index (κ1) is 19.1. The number of para-hydroxylation sites is 2. The lowest BCUT2D eigenvalue weighted by Gasteiger charge is -2.29. The van der Waals surface area contributed by atoms with Gasteiger partial charge in [-0.05, 0) is 18.2 Å². The minimum absolute atomic E-state index is 0.0531. The Morgan fingerprint density at radius 1 is 0.935 bits per heavy atom. The summed E-state index contributed by atoms with van der Waals surface area (Å²) in [5, 5.41) is 3.36. The summed E-state index contributed by atoms with van der Waals surface area (Å²) in [6.45, 7) is 1.22. The van der Waals surface area contributed by atoms with Crippen LogP contribution in [0.4, 0.5) is 5.69 Å². The number of amides is 1. The van der Waals surface area contributed by atoms with Crippen LogP contribution in [0.2, 0.25) is 0 Å². The summed E-state index contributed by atoms with van der Waals surface area (Å²) in [6.07, 6.45) is 0. The Bertz CT molecular complexity index is 1170. The normalized spacial score (nSPS) is 18.2. The van der Waals surface area contributed by atoms with Crippen molar-refractivity contribution < 1.29 is 9.53 Å². The standard InChI is InChI=1S/C26H23N3O2/c1-31-21-15-9-8-14-20(21)25-22-23(18-10-4-2-5-11-18)27-16-17-28-24(22)26(30)29(25)19-12-6-3-7-13-19/h2-15,25,28H,16-17H2,1H3. The number of anilines is 1. The first-order valence-corrected chi connectivity index (χ1v) is 10.4. The molecule has 2 heterocycles. The van der Waals surface area contributed by atoms with E-state index in [2.05, 4.69) is 5.32 Å². The average molecular weight is 409 g/mol. The van der Waals surface area contributed by atoms with E-state index in [4.69, 9.17) is 9.73 Å². The molecule has 1 unspecified atom stereocenters. The molecule has 3 aromatic rings. The quantitative estimate of drug-likeness (QED) is 0.705. The molecule has 0 aliphatic carbocycles. The van der Waals surface area contributed by atoms with Gasteiger partial charge in [-0.1, -0.05) is 66.7 Å². The van der Waals surface area contributed by atoms with E-state index in [1.54, 1.807) is 7.11 Å². The monoisotopic (exact) mass is 409 g/mol. The molecule has 3 aromatic carbocycles. The van der Waals surface area contributed by atoms with E-state index < -0.39 is 0 Å².